The number of aromatic amines is 1. The number of nitrogens with two attached hydrogens (primary N) is 1. The van der Waals surface area contributed by atoms with Crippen LogP contribution in [-0.4, -0.2) is 62.6 Å². The van der Waals surface area contributed by atoms with Crippen molar-refractivity contribution >= 4 is 27.6 Å². The topological polar surface area (TPSA) is 141 Å². The standard InChI is InChI=1S/C26H31N5O4/c1-26(13-32,14-33)25(35-18-4-6-19-21(12-18)29-15-28-19)20-5-2-16-3-7-22(34)24(23(16)30-20)31-10-8-17(27)9-11-31/h2-7,12,15,17,25,32-34H,8-11,13-14,27H2,1H3,(H,28,29). The Hall–Kier alpha value is -3.40. The van der Waals surface area contributed by atoms with Crippen molar-refractivity contribution in [3.8, 4) is 11.5 Å². The van der Waals surface area contributed by atoms with Gasteiger partial charge in [0, 0.05) is 30.6 Å². The minimum absolute atomic E-state index is 0.158. The van der Waals surface area contributed by atoms with Crippen LogP contribution in [0.1, 0.15) is 31.6 Å². The summed E-state index contributed by atoms with van der Waals surface area (Å²) in [5.41, 5.74) is 8.57. The van der Waals surface area contributed by atoms with Gasteiger partial charge in [0.25, 0.3) is 0 Å². The zero-order valence-electron chi connectivity index (χ0n) is 19.7. The highest BCUT2D eigenvalue weighted by molar-refractivity contribution is 5.94. The number of benzene rings is 2. The molecule has 184 valence electrons. The molecule has 0 radical (unpaired) electrons. The van der Waals surface area contributed by atoms with Crippen molar-refractivity contribution in [3.05, 3.63) is 54.5 Å². The van der Waals surface area contributed by atoms with E-state index in [1.807, 2.05) is 36.4 Å². The highest BCUT2D eigenvalue weighted by Gasteiger charge is 2.38. The number of imidazole rings is 1. The first-order valence-corrected chi connectivity index (χ1v) is 11.9. The molecule has 1 atom stereocenters. The van der Waals surface area contributed by atoms with E-state index in [0.29, 0.717) is 22.6 Å². The zero-order chi connectivity index (χ0) is 24.6. The van der Waals surface area contributed by atoms with E-state index in [4.69, 9.17) is 15.5 Å². The van der Waals surface area contributed by atoms with Gasteiger partial charge in [-0.1, -0.05) is 13.0 Å². The van der Waals surface area contributed by atoms with E-state index in [0.717, 1.165) is 42.4 Å². The Labute approximate surface area is 203 Å². The Bertz CT molecular complexity index is 1330. The minimum Gasteiger partial charge on any atom is -0.506 e. The summed E-state index contributed by atoms with van der Waals surface area (Å²) in [4.78, 5) is 14.4. The van der Waals surface area contributed by atoms with Crippen LogP contribution in [0.3, 0.4) is 0 Å². The van der Waals surface area contributed by atoms with Gasteiger partial charge in [0.1, 0.15) is 17.2 Å². The van der Waals surface area contributed by atoms with Crippen LogP contribution in [0.2, 0.25) is 0 Å². The summed E-state index contributed by atoms with van der Waals surface area (Å²) in [6.07, 6.45) is 2.53. The second-order valence-electron chi connectivity index (χ2n) is 9.62. The number of pyridine rings is 1. The number of rotatable bonds is 7. The largest absolute Gasteiger partial charge is 0.506 e. The van der Waals surface area contributed by atoms with Crippen molar-refractivity contribution < 1.29 is 20.1 Å². The highest BCUT2D eigenvalue weighted by atomic mass is 16.5. The number of H-pyrrole nitrogens is 1. The number of aliphatic hydroxyl groups excluding tert-OH is 2. The Morgan fingerprint density at radius 2 is 1.89 bits per heavy atom. The summed E-state index contributed by atoms with van der Waals surface area (Å²) >= 11 is 0. The van der Waals surface area contributed by atoms with Crippen LogP contribution in [0.4, 0.5) is 5.69 Å². The maximum absolute atomic E-state index is 10.8. The van der Waals surface area contributed by atoms with Crippen molar-refractivity contribution in [2.24, 2.45) is 11.1 Å². The van der Waals surface area contributed by atoms with Gasteiger partial charge in [0.15, 0.2) is 6.10 Å². The van der Waals surface area contributed by atoms with Crippen molar-refractivity contribution in [2.75, 3.05) is 31.2 Å². The summed E-state index contributed by atoms with van der Waals surface area (Å²) in [5, 5.41) is 32.1. The monoisotopic (exact) mass is 477 g/mol. The first-order chi connectivity index (χ1) is 16.9. The summed E-state index contributed by atoms with van der Waals surface area (Å²) in [6, 6.07) is 12.9. The number of nitrogens with zero attached hydrogens (tertiary/aromatic N) is 3. The molecule has 3 heterocycles. The van der Waals surface area contributed by atoms with Crippen molar-refractivity contribution in [1.29, 1.82) is 0 Å². The van der Waals surface area contributed by atoms with Gasteiger partial charge < -0.3 is 35.7 Å². The molecule has 5 rings (SSSR count). The lowest BCUT2D eigenvalue weighted by Gasteiger charge is -2.35. The van der Waals surface area contributed by atoms with E-state index in [1.54, 1.807) is 19.3 Å². The van der Waals surface area contributed by atoms with Gasteiger partial charge in [0.05, 0.1) is 47.2 Å². The van der Waals surface area contributed by atoms with Gasteiger partial charge in [-0.15, -0.1) is 0 Å². The SMILES string of the molecule is CC(CO)(CO)C(Oc1ccc2[nH]cnc2c1)c1ccc2ccc(O)c(N3CCC(N)CC3)c2n1. The fourth-order valence-electron chi connectivity index (χ4n) is 4.66. The van der Waals surface area contributed by atoms with Gasteiger partial charge in [-0.05, 0) is 43.2 Å². The molecule has 4 aromatic rings. The smallest absolute Gasteiger partial charge is 0.150 e. The molecular formula is C26H31N5O4. The Morgan fingerprint density at radius 1 is 1.14 bits per heavy atom. The fourth-order valence-corrected chi connectivity index (χ4v) is 4.66. The summed E-state index contributed by atoms with van der Waals surface area (Å²) in [5.74, 6) is 0.705. The number of phenolic OH excluding ortho intramolecular Hbond substituents is 1. The Balaban J connectivity index is 1.59. The lowest BCUT2D eigenvalue weighted by molar-refractivity contribution is -0.0307. The molecule has 0 bridgehead atoms. The molecule has 6 N–H and O–H groups in total. The third kappa shape index (κ3) is 4.38. The average molecular weight is 478 g/mol. The second-order valence-corrected chi connectivity index (χ2v) is 9.62. The quantitative estimate of drug-likeness (QED) is 0.274. The number of aliphatic hydroxyl groups is 2. The molecule has 1 unspecified atom stereocenters. The Morgan fingerprint density at radius 3 is 2.63 bits per heavy atom. The molecule has 0 aliphatic carbocycles. The molecule has 2 aromatic carbocycles. The van der Waals surface area contributed by atoms with E-state index >= 15 is 0 Å². The van der Waals surface area contributed by atoms with Gasteiger partial charge in [-0.25, -0.2) is 9.97 Å². The molecule has 1 aliphatic heterocycles. The van der Waals surface area contributed by atoms with Crippen LogP contribution >= 0.6 is 0 Å². The summed E-state index contributed by atoms with van der Waals surface area (Å²) in [7, 11) is 0. The summed E-state index contributed by atoms with van der Waals surface area (Å²) < 4.78 is 6.37. The van der Waals surface area contributed by atoms with Crippen LogP contribution in [0.15, 0.2) is 48.8 Å². The predicted molar refractivity (Wildman–Crippen MR) is 135 cm³/mol. The minimum atomic E-state index is -1.02. The molecular weight excluding hydrogens is 446 g/mol. The highest BCUT2D eigenvalue weighted by Crippen LogP contribution is 2.40. The predicted octanol–water partition coefficient (Wildman–Crippen LogP) is 2.86. The average Bonchev–Trinajstić information content (AvgIpc) is 3.35. The normalized spacial score (nSPS) is 16.2. The molecule has 0 amide bonds. The molecule has 1 fully saturated rings. The molecule has 1 aliphatic rings. The van der Waals surface area contributed by atoms with Gasteiger partial charge in [0.2, 0.25) is 0 Å². The maximum atomic E-state index is 10.8. The van der Waals surface area contributed by atoms with E-state index in [1.165, 1.54) is 0 Å². The molecule has 9 heteroatoms. The molecule has 2 aromatic heterocycles. The number of ether oxygens (including phenoxy) is 1. The molecule has 0 spiro atoms. The second kappa shape index (κ2) is 9.33. The van der Waals surface area contributed by atoms with Gasteiger partial charge in [-0.3, -0.25) is 0 Å². The van der Waals surface area contributed by atoms with Crippen LogP contribution in [0, 0.1) is 5.41 Å². The van der Waals surface area contributed by atoms with E-state index in [9.17, 15) is 15.3 Å². The zero-order valence-corrected chi connectivity index (χ0v) is 19.7. The number of fused-ring (bicyclic) bond motifs is 2. The molecule has 1 saturated heterocycles. The Kier molecular flexibility index (Phi) is 6.22. The number of piperidine rings is 1. The van der Waals surface area contributed by atoms with Crippen molar-refractivity contribution in [2.45, 2.75) is 31.9 Å². The maximum Gasteiger partial charge on any atom is 0.150 e. The molecule has 0 saturated carbocycles. The summed E-state index contributed by atoms with van der Waals surface area (Å²) in [6.45, 7) is 2.60. The van der Waals surface area contributed by atoms with E-state index in [-0.39, 0.29) is 25.0 Å². The number of hydrogen-bond donors (Lipinski definition) is 5. The third-order valence-electron chi connectivity index (χ3n) is 6.96. The van der Waals surface area contributed by atoms with Gasteiger partial charge in [-0.2, -0.15) is 0 Å². The number of nitrogens with one attached hydrogen (secondary N) is 1. The lowest BCUT2D eigenvalue weighted by Crippen LogP contribution is -2.40. The number of aromatic nitrogens is 3. The van der Waals surface area contributed by atoms with Crippen LogP contribution in [0.5, 0.6) is 11.5 Å². The fraction of sp³-hybridized carbons (Fsp3) is 0.385. The number of anilines is 1. The van der Waals surface area contributed by atoms with Crippen LogP contribution in [0.25, 0.3) is 21.9 Å². The molecule has 35 heavy (non-hydrogen) atoms. The van der Waals surface area contributed by atoms with Crippen LogP contribution in [-0.2, 0) is 0 Å². The number of aromatic hydroxyl groups is 1. The van der Waals surface area contributed by atoms with Crippen molar-refractivity contribution in [3.63, 3.8) is 0 Å². The lowest BCUT2D eigenvalue weighted by atomic mass is 9.83. The van der Waals surface area contributed by atoms with Crippen LogP contribution < -0.4 is 15.4 Å². The number of hydrogen-bond acceptors (Lipinski definition) is 8. The van der Waals surface area contributed by atoms with Crippen molar-refractivity contribution in [1.82, 2.24) is 15.0 Å². The van der Waals surface area contributed by atoms with E-state index in [2.05, 4.69) is 14.9 Å². The third-order valence-corrected chi connectivity index (χ3v) is 6.96. The van der Waals surface area contributed by atoms with Gasteiger partial charge >= 0.3 is 0 Å². The van der Waals surface area contributed by atoms with E-state index < -0.39 is 11.5 Å². The first-order valence-electron chi connectivity index (χ1n) is 11.9. The first kappa shape index (κ1) is 23.3. The number of phenols is 1. The molecule has 9 nitrogen and oxygen atoms in total.